The Hall–Kier alpha value is -2.97. The third-order valence-electron chi connectivity index (χ3n) is 5.26. The number of ketones is 1. The smallest absolute Gasteiger partial charge is 0.407 e. The van der Waals surface area contributed by atoms with Crippen LogP contribution in [0.1, 0.15) is 75.0 Å². The summed E-state index contributed by atoms with van der Waals surface area (Å²) in [6, 6.07) is 10.8. The van der Waals surface area contributed by atoms with Crippen LogP contribution in [0.4, 0.5) is 9.18 Å². The van der Waals surface area contributed by atoms with Crippen LogP contribution in [-0.4, -0.2) is 42.5 Å². The summed E-state index contributed by atoms with van der Waals surface area (Å²) in [4.78, 5) is 36.9. The second-order valence-corrected chi connectivity index (χ2v) is 9.94. The van der Waals surface area contributed by atoms with Crippen molar-refractivity contribution in [3.8, 4) is 0 Å². The van der Waals surface area contributed by atoms with Gasteiger partial charge in [0.05, 0.1) is 10.6 Å². The van der Waals surface area contributed by atoms with E-state index in [-0.39, 0.29) is 42.0 Å². The molecule has 0 saturated carbocycles. The number of benzene rings is 2. The summed E-state index contributed by atoms with van der Waals surface area (Å²) in [5.41, 5.74) is -0.0928. The molecule has 0 bridgehead atoms. The maximum atomic E-state index is 15.5. The number of carbonyl (C=O) groups is 3. The molecule has 2 rings (SSSR count). The molecule has 36 heavy (non-hydrogen) atoms. The minimum absolute atomic E-state index is 0.0485. The van der Waals surface area contributed by atoms with Gasteiger partial charge in [0.15, 0.2) is 5.78 Å². The van der Waals surface area contributed by atoms with E-state index in [1.165, 1.54) is 6.07 Å². The molecule has 0 aliphatic carbocycles. The first-order valence-electron chi connectivity index (χ1n) is 12.0. The molecule has 0 fully saturated rings. The molecule has 7 nitrogen and oxygen atoms in total. The van der Waals surface area contributed by atoms with Crippen molar-refractivity contribution in [1.29, 1.82) is 0 Å². The van der Waals surface area contributed by atoms with Gasteiger partial charge in [0.1, 0.15) is 11.4 Å². The molecule has 2 amide bonds. The van der Waals surface area contributed by atoms with Crippen molar-refractivity contribution in [2.75, 3.05) is 13.1 Å². The summed E-state index contributed by atoms with van der Waals surface area (Å²) in [7, 11) is 0. The molecule has 2 aromatic rings. The molecule has 0 saturated heterocycles. The van der Waals surface area contributed by atoms with E-state index < -0.39 is 29.3 Å². The van der Waals surface area contributed by atoms with Gasteiger partial charge in [-0.25, -0.2) is 9.18 Å². The molecular formula is C27H35ClFN3O4. The van der Waals surface area contributed by atoms with Crippen LogP contribution in [0.2, 0.25) is 5.02 Å². The average Bonchev–Trinajstić information content (AvgIpc) is 2.80. The Bertz CT molecular complexity index is 1060. The number of halogens is 2. The van der Waals surface area contributed by atoms with E-state index in [1.807, 2.05) is 13.8 Å². The second kappa shape index (κ2) is 13.4. The highest BCUT2D eigenvalue weighted by Gasteiger charge is 2.25. The fourth-order valence-electron chi connectivity index (χ4n) is 3.64. The average molecular weight is 520 g/mol. The lowest BCUT2D eigenvalue weighted by Crippen LogP contribution is -2.40. The number of carbonyl (C=O) groups excluding carboxylic acids is 3. The Morgan fingerprint density at radius 1 is 1.03 bits per heavy atom. The summed E-state index contributed by atoms with van der Waals surface area (Å²) in [6.07, 6.45) is 0.129. The zero-order valence-electron chi connectivity index (χ0n) is 21.4. The van der Waals surface area contributed by atoms with E-state index in [0.29, 0.717) is 17.5 Å². The van der Waals surface area contributed by atoms with Crippen LogP contribution in [0.3, 0.4) is 0 Å². The van der Waals surface area contributed by atoms with Gasteiger partial charge in [0, 0.05) is 42.7 Å². The minimum atomic E-state index is -0.666. The molecule has 0 aliphatic rings. The van der Waals surface area contributed by atoms with Crippen molar-refractivity contribution in [2.45, 2.75) is 65.1 Å². The Balaban J connectivity index is 1.96. The lowest BCUT2D eigenvalue weighted by Gasteiger charge is -2.24. The lowest BCUT2D eigenvalue weighted by molar-refractivity contribution is -0.121. The van der Waals surface area contributed by atoms with Crippen LogP contribution in [-0.2, 0) is 9.53 Å². The maximum Gasteiger partial charge on any atom is 0.407 e. The Kier molecular flexibility index (Phi) is 10.9. The highest BCUT2D eigenvalue weighted by molar-refractivity contribution is 6.35. The van der Waals surface area contributed by atoms with Crippen LogP contribution >= 0.6 is 11.6 Å². The third-order valence-corrected chi connectivity index (χ3v) is 5.58. The van der Waals surface area contributed by atoms with E-state index in [2.05, 4.69) is 16.0 Å². The molecule has 9 heteroatoms. The van der Waals surface area contributed by atoms with Gasteiger partial charge in [-0.15, -0.1) is 0 Å². The van der Waals surface area contributed by atoms with Gasteiger partial charge in [-0.2, -0.15) is 0 Å². The summed E-state index contributed by atoms with van der Waals surface area (Å²) < 4.78 is 20.7. The van der Waals surface area contributed by atoms with E-state index >= 15 is 4.39 Å². The number of alkyl carbamates (subject to hydrolysis) is 1. The van der Waals surface area contributed by atoms with Crippen molar-refractivity contribution in [1.82, 2.24) is 16.0 Å². The van der Waals surface area contributed by atoms with Crippen molar-refractivity contribution in [2.24, 2.45) is 0 Å². The van der Waals surface area contributed by atoms with Gasteiger partial charge in [-0.05, 0) is 40.2 Å². The number of rotatable bonds is 11. The first-order valence-corrected chi connectivity index (χ1v) is 12.4. The lowest BCUT2D eigenvalue weighted by atomic mass is 9.95. The molecule has 0 aliphatic heterocycles. The van der Waals surface area contributed by atoms with Gasteiger partial charge < -0.3 is 20.7 Å². The van der Waals surface area contributed by atoms with Crippen LogP contribution in [0.5, 0.6) is 0 Å². The summed E-state index contributed by atoms with van der Waals surface area (Å²) in [6.45, 7) is 9.50. The fourth-order valence-corrected chi connectivity index (χ4v) is 3.87. The normalized spacial score (nSPS) is 13.0. The first-order chi connectivity index (χ1) is 16.9. The van der Waals surface area contributed by atoms with Gasteiger partial charge in [0.2, 0.25) is 5.91 Å². The molecule has 0 spiro atoms. The first kappa shape index (κ1) is 29.3. The predicted octanol–water partition coefficient (Wildman–Crippen LogP) is 5.17. The topological polar surface area (TPSA) is 96.5 Å². The Morgan fingerprint density at radius 3 is 2.28 bits per heavy atom. The number of amides is 2. The molecule has 1 unspecified atom stereocenters. The van der Waals surface area contributed by atoms with Gasteiger partial charge in [-0.1, -0.05) is 54.9 Å². The number of nitrogens with one attached hydrogen (secondary N) is 3. The van der Waals surface area contributed by atoms with E-state index in [0.717, 1.165) is 0 Å². The van der Waals surface area contributed by atoms with E-state index in [9.17, 15) is 14.4 Å². The molecule has 0 aromatic heterocycles. The van der Waals surface area contributed by atoms with Crippen molar-refractivity contribution in [3.63, 3.8) is 0 Å². The monoisotopic (exact) mass is 519 g/mol. The predicted molar refractivity (Wildman–Crippen MR) is 139 cm³/mol. The molecule has 196 valence electrons. The molecule has 0 heterocycles. The quantitative estimate of drug-likeness (QED) is 0.281. The number of hydrogen-bond donors (Lipinski definition) is 3. The molecule has 3 N–H and O–H groups in total. The van der Waals surface area contributed by atoms with E-state index in [1.54, 1.807) is 57.2 Å². The van der Waals surface area contributed by atoms with Crippen molar-refractivity contribution >= 4 is 29.4 Å². The van der Waals surface area contributed by atoms with Gasteiger partial charge in [0.25, 0.3) is 0 Å². The van der Waals surface area contributed by atoms with Crippen LogP contribution in [0.15, 0.2) is 42.5 Å². The minimum Gasteiger partial charge on any atom is -0.444 e. The molecular weight excluding hydrogens is 485 g/mol. The number of hydrogen-bond acceptors (Lipinski definition) is 5. The highest BCUT2D eigenvalue weighted by atomic mass is 35.5. The molecule has 0 radical (unpaired) electrons. The van der Waals surface area contributed by atoms with Crippen LogP contribution < -0.4 is 16.0 Å². The van der Waals surface area contributed by atoms with Crippen molar-refractivity contribution < 1.29 is 23.5 Å². The SMILES string of the molecule is CC[C@@H](NC(C)CC(=O)NCCNC(=O)OC(C)(C)C)c1ccc(Cl)c(C(=O)c2ccccc2)c1F. The fraction of sp³-hybridized carbons (Fsp3) is 0.444. The summed E-state index contributed by atoms with van der Waals surface area (Å²) >= 11 is 6.21. The maximum absolute atomic E-state index is 15.5. The van der Waals surface area contributed by atoms with Crippen LogP contribution in [0.25, 0.3) is 0 Å². The standard InChI is InChI=1S/C27H35ClFN3O4/c1-6-21(32-17(2)16-22(33)30-14-15-31-26(35)36-27(3,4)5)19-12-13-20(28)23(24(19)29)25(34)18-10-8-7-9-11-18/h7-13,17,21,32H,6,14-16H2,1-5H3,(H,30,33)(H,31,35)/t17?,21-/m1/s1. The van der Waals surface area contributed by atoms with Gasteiger partial charge in [-0.3, -0.25) is 9.59 Å². The number of ether oxygens (including phenoxy) is 1. The summed E-state index contributed by atoms with van der Waals surface area (Å²) in [5.74, 6) is -1.37. The van der Waals surface area contributed by atoms with E-state index in [4.69, 9.17) is 16.3 Å². The zero-order chi connectivity index (χ0) is 26.9. The zero-order valence-corrected chi connectivity index (χ0v) is 22.2. The van der Waals surface area contributed by atoms with Gasteiger partial charge >= 0.3 is 6.09 Å². The Labute approximate surface area is 217 Å². The Morgan fingerprint density at radius 2 is 1.67 bits per heavy atom. The largest absolute Gasteiger partial charge is 0.444 e. The highest BCUT2D eigenvalue weighted by Crippen LogP contribution is 2.30. The molecule has 2 aromatic carbocycles. The summed E-state index contributed by atoms with van der Waals surface area (Å²) in [5, 5.41) is 8.63. The molecule has 2 atom stereocenters. The van der Waals surface area contributed by atoms with Crippen molar-refractivity contribution in [3.05, 3.63) is 70.0 Å². The van der Waals surface area contributed by atoms with Crippen LogP contribution in [0, 0.1) is 5.82 Å². The second-order valence-electron chi connectivity index (χ2n) is 9.53. The third kappa shape index (κ3) is 8.91.